The summed E-state index contributed by atoms with van der Waals surface area (Å²) in [5, 5.41) is 0. The highest BCUT2D eigenvalue weighted by Crippen LogP contribution is 2.23. The lowest BCUT2D eigenvalue weighted by atomic mass is 10.1. The van der Waals surface area contributed by atoms with E-state index in [1.165, 1.54) is 18.4 Å². The molecule has 0 aliphatic carbocycles. The van der Waals surface area contributed by atoms with Gasteiger partial charge in [-0.25, -0.2) is 0 Å². The number of hydrogen-bond acceptors (Lipinski definition) is 6. The van der Waals surface area contributed by atoms with Gasteiger partial charge in [0, 0.05) is 4.90 Å². The first-order valence-corrected chi connectivity index (χ1v) is 10.5. The van der Waals surface area contributed by atoms with E-state index in [0.717, 1.165) is 20.7 Å². The molecule has 0 spiro atoms. The number of esters is 1. The van der Waals surface area contributed by atoms with Crippen molar-refractivity contribution < 1.29 is 19.1 Å². The van der Waals surface area contributed by atoms with Crippen LogP contribution in [0.2, 0.25) is 0 Å². The molecule has 0 atom stereocenters. The first-order chi connectivity index (χ1) is 13.5. The summed E-state index contributed by atoms with van der Waals surface area (Å²) < 4.78 is 12.6. The highest BCUT2D eigenvalue weighted by molar-refractivity contribution is 7.98. The molecule has 3 aromatic rings. The molecule has 0 aliphatic heterocycles. The number of ether oxygens (including phenoxy) is 2. The standard InChI is InChI=1S/C20H20N2O4S2/c1-25-14-6-9-16-17(11-14)28-20(22(16)12-19(24)26-2)21-18(23)10-13-4-7-15(27-3)8-5-13/h4-9,11H,10,12H2,1-3H3. The minimum atomic E-state index is -0.405. The fourth-order valence-corrected chi connectivity index (χ4v) is 4.16. The Kier molecular flexibility index (Phi) is 6.53. The van der Waals surface area contributed by atoms with Crippen LogP contribution >= 0.6 is 23.1 Å². The van der Waals surface area contributed by atoms with Gasteiger partial charge in [-0.3, -0.25) is 9.59 Å². The smallest absolute Gasteiger partial charge is 0.325 e. The predicted octanol–water partition coefficient (Wildman–Crippen LogP) is 3.28. The summed E-state index contributed by atoms with van der Waals surface area (Å²) in [7, 11) is 2.93. The van der Waals surface area contributed by atoms with Gasteiger partial charge in [-0.2, -0.15) is 4.99 Å². The van der Waals surface area contributed by atoms with Crippen LogP contribution in [0.1, 0.15) is 5.56 Å². The molecule has 0 aliphatic rings. The zero-order valence-electron chi connectivity index (χ0n) is 15.8. The average molecular weight is 417 g/mol. The molecule has 2 aromatic carbocycles. The van der Waals surface area contributed by atoms with Crippen LogP contribution in [0.25, 0.3) is 10.2 Å². The fraction of sp³-hybridized carbons (Fsp3) is 0.250. The molecule has 0 unspecified atom stereocenters. The van der Waals surface area contributed by atoms with Gasteiger partial charge < -0.3 is 14.0 Å². The number of amides is 1. The molecule has 0 radical (unpaired) electrons. The molecule has 1 heterocycles. The summed E-state index contributed by atoms with van der Waals surface area (Å²) in [4.78, 5) is 30.2. The molecule has 0 saturated carbocycles. The fourth-order valence-electron chi connectivity index (χ4n) is 2.68. The Balaban J connectivity index is 1.97. The highest BCUT2D eigenvalue weighted by Gasteiger charge is 2.13. The highest BCUT2D eigenvalue weighted by atomic mass is 32.2. The van der Waals surface area contributed by atoms with E-state index in [1.807, 2.05) is 48.7 Å². The van der Waals surface area contributed by atoms with Crippen LogP contribution in [0.5, 0.6) is 5.75 Å². The summed E-state index contributed by atoms with van der Waals surface area (Å²) in [6.45, 7) is -0.0165. The largest absolute Gasteiger partial charge is 0.497 e. The summed E-state index contributed by atoms with van der Waals surface area (Å²) in [6.07, 6.45) is 2.20. The maximum atomic E-state index is 12.5. The van der Waals surface area contributed by atoms with Crippen molar-refractivity contribution in [1.29, 1.82) is 0 Å². The topological polar surface area (TPSA) is 69.9 Å². The number of nitrogens with zero attached hydrogens (tertiary/aromatic N) is 2. The summed E-state index contributed by atoms with van der Waals surface area (Å²) >= 11 is 2.99. The van der Waals surface area contributed by atoms with Crippen molar-refractivity contribution >= 4 is 45.2 Å². The Morgan fingerprint density at radius 3 is 2.54 bits per heavy atom. The quantitative estimate of drug-likeness (QED) is 0.456. The Labute approximate surface area is 170 Å². The second-order valence-corrected chi connectivity index (χ2v) is 7.80. The number of aromatic nitrogens is 1. The van der Waals surface area contributed by atoms with Crippen LogP contribution in [0.15, 0.2) is 52.4 Å². The number of fused-ring (bicyclic) bond motifs is 1. The van der Waals surface area contributed by atoms with Gasteiger partial charge in [0.1, 0.15) is 12.3 Å². The van der Waals surface area contributed by atoms with Gasteiger partial charge in [0.15, 0.2) is 4.80 Å². The van der Waals surface area contributed by atoms with Crippen LogP contribution in [0.4, 0.5) is 0 Å². The van der Waals surface area contributed by atoms with Crippen LogP contribution in [0, 0.1) is 0 Å². The zero-order valence-corrected chi connectivity index (χ0v) is 17.4. The van der Waals surface area contributed by atoms with E-state index in [0.29, 0.717) is 10.6 Å². The maximum Gasteiger partial charge on any atom is 0.325 e. The Morgan fingerprint density at radius 2 is 1.89 bits per heavy atom. The van der Waals surface area contributed by atoms with Crippen molar-refractivity contribution in [3.63, 3.8) is 0 Å². The van der Waals surface area contributed by atoms with Crippen LogP contribution in [-0.2, 0) is 27.3 Å². The second kappa shape index (κ2) is 9.07. The monoisotopic (exact) mass is 416 g/mol. The molecular formula is C20H20N2O4S2. The summed E-state index contributed by atoms with van der Waals surface area (Å²) in [6, 6.07) is 13.3. The predicted molar refractivity (Wildman–Crippen MR) is 111 cm³/mol. The Hall–Kier alpha value is -2.58. The SMILES string of the molecule is COC(=O)Cn1c(=NC(=O)Cc2ccc(SC)cc2)sc2cc(OC)ccc21. The number of rotatable bonds is 6. The third-order valence-electron chi connectivity index (χ3n) is 4.14. The lowest BCUT2D eigenvalue weighted by Crippen LogP contribution is -2.22. The van der Waals surface area contributed by atoms with Crippen molar-refractivity contribution in [1.82, 2.24) is 4.57 Å². The number of benzene rings is 2. The minimum Gasteiger partial charge on any atom is -0.497 e. The minimum absolute atomic E-state index is 0.0165. The molecule has 28 heavy (non-hydrogen) atoms. The van der Waals surface area contributed by atoms with Gasteiger partial charge in [-0.1, -0.05) is 23.5 Å². The second-order valence-electron chi connectivity index (χ2n) is 5.91. The molecule has 8 heteroatoms. The van der Waals surface area contributed by atoms with E-state index in [-0.39, 0.29) is 18.9 Å². The first-order valence-electron chi connectivity index (χ1n) is 8.48. The van der Waals surface area contributed by atoms with Gasteiger partial charge in [0.05, 0.1) is 30.9 Å². The molecule has 146 valence electrons. The van der Waals surface area contributed by atoms with E-state index >= 15 is 0 Å². The summed E-state index contributed by atoms with van der Waals surface area (Å²) in [5.41, 5.74) is 1.70. The van der Waals surface area contributed by atoms with Crippen molar-refractivity contribution in [3.8, 4) is 5.75 Å². The molecule has 0 fully saturated rings. The van der Waals surface area contributed by atoms with Gasteiger partial charge in [0.25, 0.3) is 5.91 Å². The third-order valence-corrected chi connectivity index (χ3v) is 5.92. The molecule has 0 N–H and O–H groups in total. The van der Waals surface area contributed by atoms with E-state index in [2.05, 4.69) is 4.99 Å². The molecule has 6 nitrogen and oxygen atoms in total. The number of methoxy groups -OCH3 is 2. The van der Waals surface area contributed by atoms with Gasteiger partial charge in [0.2, 0.25) is 0 Å². The number of carbonyl (C=O) groups excluding carboxylic acids is 2. The lowest BCUT2D eigenvalue weighted by molar-refractivity contribution is -0.141. The molecule has 0 saturated heterocycles. The number of carbonyl (C=O) groups is 2. The summed E-state index contributed by atoms with van der Waals surface area (Å²) in [5.74, 6) is 0.0249. The van der Waals surface area contributed by atoms with Crippen LogP contribution < -0.4 is 9.54 Å². The Bertz CT molecular complexity index is 1070. The average Bonchev–Trinajstić information content (AvgIpc) is 3.04. The first kappa shape index (κ1) is 20.2. The van der Waals surface area contributed by atoms with E-state index in [1.54, 1.807) is 23.4 Å². The number of thioether (sulfide) groups is 1. The van der Waals surface area contributed by atoms with Gasteiger partial charge in [-0.05, 0) is 42.2 Å². The van der Waals surface area contributed by atoms with E-state index in [4.69, 9.17) is 9.47 Å². The van der Waals surface area contributed by atoms with Crippen molar-refractivity contribution in [3.05, 3.63) is 52.8 Å². The van der Waals surface area contributed by atoms with E-state index in [9.17, 15) is 9.59 Å². The molecule has 1 aromatic heterocycles. The van der Waals surface area contributed by atoms with Crippen molar-refractivity contribution in [2.45, 2.75) is 17.9 Å². The van der Waals surface area contributed by atoms with Crippen molar-refractivity contribution in [2.24, 2.45) is 4.99 Å². The van der Waals surface area contributed by atoms with E-state index < -0.39 is 5.97 Å². The lowest BCUT2D eigenvalue weighted by Gasteiger charge is -2.04. The van der Waals surface area contributed by atoms with Gasteiger partial charge in [-0.15, -0.1) is 11.8 Å². The van der Waals surface area contributed by atoms with Crippen LogP contribution in [0.3, 0.4) is 0 Å². The van der Waals surface area contributed by atoms with Crippen LogP contribution in [-0.4, -0.2) is 36.9 Å². The molecular weight excluding hydrogens is 396 g/mol. The molecule has 1 amide bonds. The maximum absolute atomic E-state index is 12.5. The van der Waals surface area contributed by atoms with Gasteiger partial charge >= 0.3 is 5.97 Å². The number of hydrogen-bond donors (Lipinski definition) is 0. The zero-order chi connectivity index (χ0) is 20.1. The molecule has 0 bridgehead atoms. The Morgan fingerprint density at radius 1 is 1.14 bits per heavy atom. The van der Waals surface area contributed by atoms with Crippen molar-refractivity contribution in [2.75, 3.05) is 20.5 Å². The normalized spacial score (nSPS) is 11.6. The molecule has 3 rings (SSSR count). The number of thiazole rings is 1. The third kappa shape index (κ3) is 4.63.